The molecule has 8 nitrogen and oxygen atoms in total. The van der Waals surface area contributed by atoms with E-state index in [0.717, 1.165) is 19.4 Å². The summed E-state index contributed by atoms with van der Waals surface area (Å²) in [7, 11) is 0. The predicted octanol–water partition coefficient (Wildman–Crippen LogP) is 2.06. The normalized spacial score (nSPS) is 10.7. The lowest BCUT2D eigenvalue weighted by atomic mass is 10.2. The Morgan fingerprint density at radius 3 is 2.71 bits per heavy atom. The summed E-state index contributed by atoms with van der Waals surface area (Å²) in [5, 5.41) is 22.7. The van der Waals surface area contributed by atoms with E-state index in [9.17, 15) is 10.1 Å². The second-order valence-electron chi connectivity index (χ2n) is 4.48. The minimum Gasteiger partial charge on any atom is -0.379 e. The number of tetrazole rings is 1. The summed E-state index contributed by atoms with van der Waals surface area (Å²) in [6.07, 6.45) is 2.14. The Hall–Kier alpha value is -2.35. The van der Waals surface area contributed by atoms with Crippen molar-refractivity contribution in [3.8, 4) is 11.4 Å². The van der Waals surface area contributed by atoms with Crippen LogP contribution < -0.4 is 0 Å². The lowest BCUT2D eigenvalue weighted by Gasteiger charge is -2.01. The zero-order valence-corrected chi connectivity index (χ0v) is 11.8. The van der Waals surface area contributed by atoms with Gasteiger partial charge >= 0.3 is 0 Å². The van der Waals surface area contributed by atoms with Gasteiger partial charge in [-0.15, -0.1) is 10.2 Å². The predicted molar refractivity (Wildman–Crippen MR) is 75.6 cm³/mol. The van der Waals surface area contributed by atoms with Crippen LogP contribution in [0.4, 0.5) is 5.69 Å². The zero-order valence-electron chi connectivity index (χ0n) is 11.8. The highest BCUT2D eigenvalue weighted by atomic mass is 16.6. The molecule has 0 fully saturated rings. The van der Waals surface area contributed by atoms with Crippen molar-refractivity contribution >= 4 is 5.69 Å². The smallest absolute Gasteiger partial charge is 0.269 e. The largest absolute Gasteiger partial charge is 0.379 e. The van der Waals surface area contributed by atoms with Crippen molar-refractivity contribution in [2.24, 2.45) is 0 Å². The number of nitrogens with zero attached hydrogens (tertiary/aromatic N) is 5. The van der Waals surface area contributed by atoms with Gasteiger partial charge in [0.1, 0.15) is 0 Å². The first-order chi connectivity index (χ1) is 10.2. The van der Waals surface area contributed by atoms with Gasteiger partial charge < -0.3 is 4.74 Å². The Morgan fingerprint density at radius 2 is 2.05 bits per heavy atom. The maximum atomic E-state index is 10.6. The molecule has 1 aromatic carbocycles. The van der Waals surface area contributed by atoms with Crippen LogP contribution in [0.5, 0.6) is 0 Å². The van der Waals surface area contributed by atoms with Crippen molar-refractivity contribution < 1.29 is 9.66 Å². The molecule has 2 rings (SSSR count). The Bertz CT molecular complexity index is 582. The summed E-state index contributed by atoms with van der Waals surface area (Å²) in [6, 6.07) is 6.06. The molecule has 0 bridgehead atoms. The van der Waals surface area contributed by atoms with Gasteiger partial charge in [-0.1, -0.05) is 13.3 Å². The molecule has 8 heteroatoms. The van der Waals surface area contributed by atoms with Gasteiger partial charge in [-0.05, 0) is 23.8 Å². The molecule has 0 unspecified atom stereocenters. The first-order valence-corrected chi connectivity index (χ1v) is 6.81. The SMILES string of the molecule is CCCCOCCn1nnc(-c2ccc([N+](=O)[O-])cc2)n1. The van der Waals surface area contributed by atoms with Gasteiger partial charge in [-0.3, -0.25) is 10.1 Å². The molecule has 0 saturated carbocycles. The van der Waals surface area contributed by atoms with E-state index in [0.29, 0.717) is 24.5 Å². The quantitative estimate of drug-likeness (QED) is 0.419. The molecule has 0 aliphatic heterocycles. The molecule has 21 heavy (non-hydrogen) atoms. The molecule has 112 valence electrons. The molecule has 0 saturated heterocycles. The van der Waals surface area contributed by atoms with E-state index in [4.69, 9.17) is 4.74 Å². The van der Waals surface area contributed by atoms with E-state index in [1.165, 1.54) is 16.9 Å². The summed E-state index contributed by atoms with van der Waals surface area (Å²) in [6.45, 7) is 3.92. The fourth-order valence-corrected chi connectivity index (χ4v) is 1.68. The number of rotatable bonds is 8. The van der Waals surface area contributed by atoms with E-state index in [1.54, 1.807) is 12.1 Å². The highest BCUT2D eigenvalue weighted by Crippen LogP contribution is 2.18. The van der Waals surface area contributed by atoms with Crippen LogP contribution in [0.1, 0.15) is 19.8 Å². The summed E-state index contributed by atoms with van der Waals surface area (Å²) < 4.78 is 5.43. The average Bonchev–Trinajstić information content (AvgIpc) is 2.96. The van der Waals surface area contributed by atoms with Crippen LogP contribution in [-0.2, 0) is 11.3 Å². The Labute approximate surface area is 121 Å². The maximum Gasteiger partial charge on any atom is 0.269 e. The number of benzene rings is 1. The van der Waals surface area contributed by atoms with Crippen LogP contribution in [0.2, 0.25) is 0 Å². The number of nitro groups is 1. The van der Waals surface area contributed by atoms with Crippen LogP contribution in [0.3, 0.4) is 0 Å². The minimum atomic E-state index is -0.443. The third-order valence-electron chi connectivity index (χ3n) is 2.87. The van der Waals surface area contributed by atoms with Crippen molar-refractivity contribution in [2.45, 2.75) is 26.3 Å². The van der Waals surface area contributed by atoms with Gasteiger partial charge in [0.25, 0.3) is 5.69 Å². The van der Waals surface area contributed by atoms with E-state index >= 15 is 0 Å². The van der Waals surface area contributed by atoms with Crippen LogP contribution >= 0.6 is 0 Å². The molecule has 0 atom stereocenters. The molecule has 0 aliphatic carbocycles. The monoisotopic (exact) mass is 291 g/mol. The highest BCUT2D eigenvalue weighted by Gasteiger charge is 2.09. The van der Waals surface area contributed by atoms with E-state index in [2.05, 4.69) is 22.3 Å². The van der Waals surface area contributed by atoms with Gasteiger partial charge in [-0.25, -0.2) is 0 Å². The molecular formula is C13H17N5O3. The average molecular weight is 291 g/mol. The lowest BCUT2D eigenvalue weighted by Crippen LogP contribution is -2.09. The van der Waals surface area contributed by atoms with Crippen LogP contribution in [0.25, 0.3) is 11.4 Å². The van der Waals surface area contributed by atoms with Crippen LogP contribution in [-0.4, -0.2) is 38.3 Å². The molecule has 2 aromatic rings. The van der Waals surface area contributed by atoms with Gasteiger partial charge in [0.05, 0.1) is 18.1 Å². The molecule has 1 heterocycles. The second-order valence-corrected chi connectivity index (χ2v) is 4.48. The number of nitro benzene ring substituents is 1. The van der Waals surface area contributed by atoms with E-state index < -0.39 is 4.92 Å². The third kappa shape index (κ3) is 4.32. The van der Waals surface area contributed by atoms with Crippen molar-refractivity contribution in [1.82, 2.24) is 20.2 Å². The van der Waals surface area contributed by atoms with Gasteiger partial charge in [0.2, 0.25) is 5.82 Å². The van der Waals surface area contributed by atoms with Crippen molar-refractivity contribution in [3.63, 3.8) is 0 Å². The standard InChI is InChI=1S/C13H17N5O3/c1-2-3-9-21-10-8-17-15-13(14-16-17)11-4-6-12(7-5-11)18(19)20/h4-7H,2-3,8-10H2,1H3. The fourth-order valence-electron chi connectivity index (χ4n) is 1.68. The number of ether oxygens (including phenoxy) is 1. The number of aromatic nitrogens is 4. The number of hydrogen-bond donors (Lipinski definition) is 0. The Morgan fingerprint density at radius 1 is 1.29 bits per heavy atom. The molecular weight excluding hydrogens is 274 g/mol. The van der Waals surface area contributed by atoms with Crippen LogP contribution in [0, 0.1) is 10.1 Å². The number of unbranched alkanes of at least 4 members (excludes halogenated alkanes) is 1. The van der Waals surface area contributed by atoms with Crippen molar-refractivity contribution in [1.29, 1.82) is 0 Å². The summed E-state index contributed by atoms with van der Waals surface area (Å²) >= 11 is 0. The maximum absolute atomic E-state index is 10.6. The van der Waals surface area contributed by atoms with Crippen molar-refractivity contribution in [2.75, 3.05) is 13.2 Å². The second kappa shape index (κ2) is 7.44. The molecule has 0 aliphatic rings. The number of hydrogen-bond acceptors (Lipinski definition) is 6. The van der Waals surface area contributed by atoms with Gasteiger partial charge in [-0.2, -0.15) is 4.80 Å². The fraction of sp³-hybridized carbons (Fsp3) is 0.462. The summed E-state index contributed by atoms with van der Waals surface area (Å²) in [4.78, 5) is 11.6. The molecule has 0 radical (unpaired) electrons. The first-order valence-electron chi connectivity index (χ1n) is 6.81. The Balaban J connectivity index is 1.91. The summed E-state index contributed by atoms with van der Waals surface area (Å²) in [5.74, 6) is 0.443. The zero-order chi connectivity index (χ0) is 15.1. The third-order valence-corrected chi connectivity index (χ3v) is 2.87. The minimum absolute atomic E-state index is 0.0375. The van der Waals surface area contributed by atoms with E-state index in [1.807, 2.05) is 0 Å². The molecule has 1 aromatic heterocycles. The van der Waals surface area contributed by atoms with Gasteiger partial charge in [0, 0.05) is 24.3 Å². The van der Waals surface area contributed by atoms with Crippen LogP contribution in [0.15, 0.2) is 24.3 Å². The highest BCUT2D eigenvalue weighted by molar-refractivity contribution is 5.56. The van der Waals surface area contributed by atoms with Gasteiger partial charge in [0.15, 0.2) is 0 Å². The van der Waals surface area contributed by atoms with Crippen molar-refractivity contribution in [3.05, 3.63) is 34.4 Å². The van der Waals surface area contributed by atoms with E-state index in [-0.39, 0.29) is 5.69 Å². The Kier molecular flexibility index (Phi) is 5.33. The lowest BCUT2D eigenvalue weighted by molar-refractivity contribution is -0.384. The molecule has 0 N–H and O–H groups in total. The molecule has 0 amide bonds. The summed E-state index contributed by atoms with van der Waals surface area (Å²) in [5.41, 5.74) is 0.731. The number of non-ortho nitro benzene ring substituents is 1. The topological polar surface area (TPSA) is 96.0 Å². The molecule has 0 spiro atoms. The first kappa shape index (κ1) is 15.0.